The average Bonchev–Trinajstić information content (AvgIpc) is 3.18. The van der Waals surface area contributed by atoms with E-state index in [-0.39, 0.29) is 35.0 Å². The fourth-order valence-electron chi connectivity index (χ4n) is 5.98. The van der Waals surface area contributed by atoms with Crippen LogP contribution in [-0.4, -0.2) is 48.0 Å². The van der Waals surface area contributed by atoms with E-state index in [1.54, 1.807) is 53.1 Å². The number of anilines is 1. The van der Waals surface area contributed by atoms with E-state index >= 15 is 0 Å². The van der Waals surface area contributed by atoms with Crippen molar-refractivity contribution in [3.8, 4) is 0 Å². The predicted octanol–water partition coefficient (Wildman–Crippen LogP) is 3.78. The molecule has 9 heteroatoms. The summed E-state index contributed by atoms with van der Waals surface area (Å²) in [6.07, 6.45) is 6.56. The van der Waals surface area contributed by atoms with Crippen molar-refractivity contribution in [3.63, 3.8) is 0 Å². The molecule has 2 atom stereocenters. The molecule has 2 heterocycles. The molecule has 1 saturated heterocycles. The lowest BCUT2D eigenvalue weighted by atomic mass is 9.78. The highest BCUT2D eigenvalue weighted by atomic mass is 32.2. The van der Waals surface area contributed by atoms with Crippen molar-refractivity contribution in [2.45, 2.75) is 56.0 Å². The zero-order chi connectivity index (χ0) is 25.4. The maximum atomic E-state index is 14.1. The Balaban J connectivity index is 1.58. The van der Waals surface area contributed by atoms with Gasteiger partial charge in [0, 0.05) is 30.1 Å². The summed E-state index contributed by atoms with van der Waals surface area (Å²) in [6, 6.07) is 13.7. The average molecular weight is 508 g/mol. The van der Waals surface area contributed by atoms with E-state index < -0.39 is 9.84 Å². The zero-order valence-electron chi connectivity index (χ0n) is 20.3. The van der Waals surface area contributed by atoms with Crippen LogP contribution in [0.4, 0.5) is 5.69 Å². The number of carbonyl (C=O) groups excluding carboxylic acids is 1. The van der Waals surface area contributed by atoms with E-state index in [2.05, 4.69) is 0 Å². The highest BCUT2D eigenvalue weighted by Crippen LogP contribution is 2.38. The van der Waals surface area contributed by atoms with E-state index in [9.17, 15) is 13.2 Å². The Kier molecular flexibility index (Phi) is 6.51. The summed E-state index contributed by atoms with van der Waals surface area (Å²) in [5, 5.41) is 8.53. The number of nitrogens with zero attached hydrogens (tertiary/aromatic N) is 2. The Morgan fingerprint density at radius 2 is 1.75 bits per heavy atom. The van der Waals surface area contributed by atoms with Gasteiger partial charge in [-0.05, 0) is 55.9 Å². The number of fused-ring (bicyclic) bond motifs is 2. The van der Waals surface area contributed by atoms with Gasteiger partial charge in [0.25, 0.3) is 5.91 Å². The number of piperidine rings is 1. The second-order valence-electron chi connectivity index (χ2n) is 9.94. The molecule has 2 aliphatic rings. The molecule has 2 fully saturated rings. The van der Waals surface area contributed by atoms with Crippen molar-refractivity contribution >= 4 is 38.2 Å². The van der Waals surface area contributed by atoms with Gasteiger partial charge in [-0.25, -0.2) is 8.42 Å². The van der Waals surface area contributed by atoms with Crippen molar-refractivity contribution in [1.82, 2.24) is 9.47 Å². The molecule has 36 heavy (non-hydrogen) atoms. The molecule has 0 bridgehead atoms. The van der Waals surface area contributed by atoms with Crippen LogP contribution < -0.4 is 11.5 Å². The van der Waals surface area contributed by atoms with Gasteiger partial charge in [-0.15, -0.1) is 0 Å². The number of nitrogens with two attached hydrogens (primary N) is 2. The van der Waals surface area contributed by atoms with E-state index in [0.29, 0.717) is 40.3 Å². The molecule has 1 amide bonds. The largest absolute Gasteiger partial charge is 0.396 e. The molecule has 8 nitrogen and oxygen atoms in total. The Hall–Kier alpha value is -3.33. The molecule has 1 saturated carbocycles. The molecular weight excluding hydrogens is 474 g/mol. The third kappa shape index (κ3) is 4.36. The molecule has 5 rings (SSSR count). The van der Waals surface area contributed by atoms with Crippen LogP contribution in [-0.2, 0) is 16.4 Å². The first kappa shape index (κ1) is 24.4. The molecule has 2 aromatic carbocycles. The van der Waals surface area contributed by atoms with E-state index in [4.69, 9.17) is 16.9 Å². The SMILES string of the molecule is N=C(N)c1ccc2c(N)c(C(=O)N3CCCC4CCCCC43)n(CCS(=O)(=O)c3ccccc3)c2c1. The minimum absolute atomic E-state index is 0.0648. The number of nitrogens with one attached hydrogen (secondary N) is 1. The van der Waals surface area contributed by atoms with Crippen LogP contribution in [0.15, 0.2) is 53.4 Å². The Labute approximate surface area is 211 Å². The topological polar surface area (TPSA) is 135 Å². The van der Waals surface area contributed by atoms with Crippen LogP contribution in [0.25, 0.3) is 10.9 Å². The second-order valence-corrected chi connectivity index (χ2v) is 12.1. The Bertz CT molecular complexity index is 1410. The highest BCUT2D eigenvalue weighted by molar-refractivity contribution is 7.91. The number of hydrogen-bond acceptors (Lipinski definition) is 5. The lowest BCUT2D eigenvalue weighted by Crippen LogP contribution is -2.50. The standard InChI is InChI=1S/C27H33N5O3S/c28-24-21-13-12-19(26(29)30)17-23(21)31(15-16-36(34,35)20-9-2-1-3-10-20)25(24)27(33)32-14-6-8-18-7-4-5-11-22(18)32/h1-3,9-10,12-13,17-18,22H,4-8,11,14-16,28H2,(H3,29,30). The minimum atomic E-state index is -3.58. The summed E-state index contributed by atoms with van der Waals surface area (Å²) in [7, 11) is -3.58. The van der Waals surface area contributed by atoms with E-state index in [1.807, 2.05) is 4.90 Å². The third-order valence-corrected chi connectivity index (χ3v) is 9.52. The summed E-state index contributed by atoms with van der Waals surface area (Å²) in [6.45, 7) is 0.747. The van der Waals surface area contributed by atoms with Gasteiger partial charge in [0.15, 0.2) is 9.84 Å². The van der Waals surface area contributed by atoms with Gasteiger partial charge in [-0.2, -0.15) is 0 Å². The van der Waals surface area contributed by atoms with Gasteiger partial charge in [-0.3, -0.25) is 10.2 Å². The lowest BCUT2D eigenvalue weighted by molar-refractivity contribution is 0.0382. The normalized spacial score (nSPS) is 20.3. The number of nitrogen functional groups attached to an aromatic ring is 2. The van der Waals surface area contributed by atoms with Crippen molar-refractivity contribution in [2.75, 3.05) is 18.0 Å². The van der Waals surface area contributed by atoms with Crippen molar-refractivity contribution in [1.29, 1.82) is 5.41 Å². The van der Waals surface area contributed by atoms with Gasteiger partial charge in [0.1, 0.15) is 11.5 Å². The predicted molar refractivity (Wildman–Crippen MR) is 142 cm³/mol. The van der Waals surface area contributed by atoms with Crippen LogP contribution in [0, 0.1) is 11.3 Å². The minimum Gasteiger partial charge on any atom is -0.396 e. The number of amidine groups is 1. The van der Waals surface area contributed by atoms with E-state index in [0.717, 1.165) is 32.1 Å². The molecule has 3 aromatic rings. The van der Waals surface area contributed by atoms with Crippen molar-refractivity contribution in [3.05, 3.63) is 59.8 Å². The summed E-state index contributed by atoms with van der Waals surface area (Å²) in [5.74, 6) is 0.0887. The van der Waals surface area contributed by atoms with E-state index in [1.165, 1.54) is 6.42 Å². The summed E-state index contributed by atoms with van der Waals surface area (Å²) >= 11 is 0. The first-order valence-corrected chi connectivity index (χ1v) is 14.3. The van der Waals surface area contributed by atoms with Crippen molar-refractivity contribution in [2.24, 2.45) is 11.7 Å². The van der Waals surface area contributed by atoms with Gasteiger partial charge in [0.2, 0.25) is 0 Å². The number of aromatic nitrogens is 1. The molecule has 1 aromatic heterocycles. The number of amides is 1. The molecule has 1 aliphatic heterocycles. The maximum Gasteiger partial charge on any atom is 0.272 e. The third-order valence-electron chi connectivity index (χ3n) is 7.81. The lowest BCUT2D eigenvalue weighted by Gasteiger charge is -2.44. The number of rotatable bonds is 6. The number of hydrogen-bond donors (Lipinski definition) is 3. The number of carbonyl (C=O) groups is 1. The molecule has 0 radical (unpaired) electrons. The van der Waals surface area contributed by atoms with Gasteiger partial charge in [-0.1, -0.05) is 37.1 Å². The molecule has 2 unspecified atom stereocenters. The monoisotopic (exact) mass is 507 g/mol. The van der Waals surface area contributed by atoms with Gasteiger partial charge >= 0.3 is 0 Å². The van der Waals surface area contributed by atoms with Gasteiger partial charge < -0.3 is 20.9 Å². The Morgan fingerprint density at radius 3 is 2.50 bits per heavy atom. The first-order chi connectivity index (χ1) is 17.3. The van der Waals surface area contributed by atoms with Crippen LogP contribution in [0.3, 0.4) is 0 Å². The summed E-state index contributed by atoms with van der Waals surface area (Å²) in [4.78, 5) is 16.3. The molecule has 0 spiro atoms. The smallest absolute Gasteiger partial charge is 0.272 e. The van der Waals surface area contributed by atoms with Crippen LogP contribution in [0.1, 0.15) is 54.6 Å². The summed E-state index contributed by atoms with van der Waals surface area (Å²) < 4.78 is 27.9. The molecule has 190 valence electrons. The molecular formula is C27H33N5O3S. The van der Waals surface area contributed by atoms with Crippen LogP contribution >= 0.6 is 0 Å². The summed E-state index contributed by atoms with van der Waals surface area (Å²) in [5.41, 5.74) is 14.1. The Morgan fingerprint density at radius 1 is 1.03 bits per heavy atom. The number of sulfone groups is 1. The molecule has 1 aliphatic carbocycles. The maximum absolute atomic E-state index is 14.1. The quantitative estimate of drug-likeness (QED) is 0.345. The fourth-order valence-corrected chi connectivity index (χ4v) is 7.21. The van der Waals surface area contributed by atoms with Crippen LogP contribution in [0.2, 0.25) is 0 Å². The molecule has 5 N–H and O–H groups in total. The fraction of sp³-hybridized carbons (Fsp3) is 0.407. The first-order valence-electron chi connectivity index (χ1n) is 12.6. The van der Waals surface area contributed by atoms with Crippen molar-refractivity contribution < 1.29 is 13.2 Å². The number of aryl methyl sites for hydroxylation is 1. The number of benzene rings is 2. The van der Waals surface area contributed by atoms with Crippen LogP contribution in [0.5, 0.6) is 0 Å². The zero-order valence-corrected chi connectivity index (χ0v) is 21.1. The van der Waals surface area contributed by atoms with Gasteiger partial charge in [0.05, 0.1) is 21.9 Å². The highest BCUT2D eigenvalue weighted by Gasteiger charge is 2.38. The number of likely N-dealkylation sites (tertiary alicyclic amines) is 1. The second kappa shape index (κ2) is 9.61.